The van der Waals surface area contributed by atoms with Gasteiger partial charge in [0.25, 0.3) is 0 Å². The Hall–Kier alpha value is -3.10. The van der Waals surface area contributed by atoms with Crippen LogP contribution in [-0.4, -0.2) is 49.5 Å². The van der Waals surface area contributed by atoms with Crippen molar-refractivity contribution in [3.05, 3.63) is 47.1 Å². The molecule has 0 spiro atoms. The van der Waals surface area contributed by atoms with Gasteiger partial charge in [0.1, 0.15) is 18.1 Å². The van der Waals surface area contributed by atoms with E-state index in [0.717, 1.165) is 12.8 Å². The first-order valence-corrected chi connectivity index (χ1v) is 10.2. The summed E-state index contributed by atoms with van der Waals surface area (Å²) in [4.78, 5) is 22.0. The van der Waals surface area contributed by atoms with E-state index in [2.05, 4.69) is 15.3 Å². The molecule has 2 aromatic carbocycles. The Morgan fingerprint density at radius 2 is 1.90 bits per heavy atom. The largest absolute Gasteiger partial charge is 0.495 e. The Balaban J connectivity index is 1.69. The van der Waals surface area contributed by atoms with E-state index in [1.54, 1.807) is 18.2 Å². The van der Waals surface area contributed by atoms with Crippen LogP contribution < -0.4 is 14.8 Å². The van der Waals surface area contributed by atoms with E-state index in [4.69, 9.17) is 30.5 Å². The summed E-state index contributed by atoms with van der Waals surface area (Å²) in [5, 5.41) is 3.49. The van der Waals surface area contributed by atoms with Crippen LogP contribution in [-0.2, 0) is 9.47 Å². The van der Waals surface area contributed by atoms with E-state index in [9.17, 15) is 4.79 Å². The van der Waals surface area contributed by atoms with Crippen molar-refractivity contribution in [3.63, 3.8) is 0 Å². The summed E-state index contributed by atoms with van der Waals surface area (Å²) >= 11 is 6.28. The molecule has 1 fully saturated rings. The first-order chi connectivity index (χ1) is 15.1. The van der Waals surface area contributed by atoms with Crippen molar-refractivity contribution in [1.29, 1.82) is 0 Å². The number of benzene rings is 2. The topological polar surface area (TPSA) is 91.8 Å². The fraction of sp³-hybridized carbons (Fsp3) is 0.318. The number of para-hydroxylation sites is 2. The van der Waals surface area contributed by atoms with Gasteiger partial charge in [-0.2, -0.15) is 0 Å². The SMILES string of the molecule is COc1cc(OC)c(Nc2nc3ccccc3nc2C(=O)OC[C@@H]2CCCO2)cc1Cl. The summed E-state index contributed by atoms with van der Waals surface area (Å²) < 4.78 is 21.7. The smallest absolute Gasteiger partial charge is 0.360 e. The lowest BCUT2D eigenvalue weighted by Gasteiger charge is -2.16. The second kappa shape index (κ2) is 9.36. The molecule has 1 N–H and O–H groups in total. The molecule has 0 saturated carbocycles. The molecule has 1 aliphatic rings. The summed E-state index contributed by atoms with van der Waals surface area (Å²) in [6, 6.07) is 10.6. The van der Waals surface area contributed by atoms with Crippen LogP contribution >= 0.6 is 11.6 Å². The lowest BCUT2D eigenvalue weighted by molar-refractivity contribution is 0.0157. The molecule has 0 bridgehead atoms. The lowest BCUT2D eigenvalue weighted by Crippen LogP contribution is -2.20. The third-order valence-electron chi connectivity index (χ3n) is 4.92. The Bertz CT molecular complexity index is 1100. The molecular formula is C22H22ClN3O5. The normalized spacial score (nSPS) is 15.6. The Morgan fingerprint density at radius 1 is 1.16 bits per heavy atom. The number of ether oxygens (including phenoxy) is 4. The number of halogens is 1. The quantitative estimate of drug-likeness (QED) is 0.538. The summed E-state index contributed by atoms with van der Waals surface area (Å²) in [7, 11) is 3.04. The fourth-order valence-corrected chi connectivity index (χ4v) is 3.57. The van der Waals surface area contributed by atoms with Gasteiger partial charge in [-0.05, 0) is 31.0 Å². The van der Waals surface area contributed by atoms with E-state index in [1.165, 1.54) is 14.2 Å². The molecule has 4 rings (SSSR count). The average molecular weight is 444 g/mol. The molecular weight excluding hydrogens is 422 g/mol. The number of nitrogens with one attached hydrogen (secondary N) is 1. The summed E-state index contributed by atoms with van der Waals surface area (Å²) in [6.07, 6.45) is 1.74. The van der Waals surface area contributed by atoms with Crippen LogP contribution in [0.5, 0.6) is 11.5 Å². The molecule has 0 radical (unpaired) electrons. The highest BCUT2D eigenvalue weighted by Gasteiger charge is 2.23. The highest BCUT2D eigenvalue weighted by molar-refractivity contribution is 6.32. The highest BCUT2D eigenvalue weighted by atomic mass is 35.5. The van der Waals surface area contributed by atoms with Crippen LogP contribution in [0, 0.1) is 0 Å². The van der Waals surface area contributed by atoms with Gasteiger partial charge in [-0.25, -0.2) is 14.8 Å². The molecule has 1 atom stereocenters. The standard InChI is InChI=1S/C22H22ClN3O5/c1-28-18-11-19(29-2)17(10-14(18)23)26-21-20(22(27)31-12-13-6-5-9-30-13)24-15-7-3-4-8-16(15)25-21/h3-4,7-8,10-11,13H,5-6,9,12H2,1-2H3,(H,25,26)/t13-/m0/s1. The minimum absolute atomic E-state index is 0.0608. The molecule has 1 aliphatic heterocycles. The summed E-state index contributed by atoms with van der Waals surface area (Å²) in [5.74, 6) is 0.574. The van der Waals surface area contributed by atoms with Crippen molar-refractivity contribution in [2.24, 2.45) is 0 Å². The molecule has 162 valence electrons. The van der Waals surface area contributed by atoms with Gasteiger partial charge in [-0.1, -0.05) is 23.7 Å². The maximum Gasteiger partial charge on any atom is 0.360 e. The maximum absolute atomic E-state index is 12.9. The van der Waals surface area contributed by atoms with Crippen molar-refractivity contribution in [2.75, 3.05) is 32.8 Å². The molecule has 0 unspecified atom stereocenters. The fourth-order valence-electron chi connectivity index (χ4n) is 3.33. The van der Waals surface area contributed by atoms with Crippen molar-refractivity contribution >= 4 is 40.1 Å². The minimum Gasteiger partial charge on any atom is -0.495 e. The first kappa shape index (κ1) is 21.1. The van der Waals surface area contributed by atoms with E-state index < -0.39 is 5.97 Å². The van der Waals surface area contributed by atoms with Crippen LogP contribution in [0.2, 0.25) is 5.02 Å². The van der Waals surface area contributed by atoms with E-state index in [-0.39, 0.29) is 24.2 Å². The zero-order valence-corrected chi connectivity index (χ0v) is 17.9. The number of aromatic nitrogens is 2. The third-order valence-corrected chi connectivity index (χ3v) is 5.21. The third kappa shape index (κ3) is 4.65. The predicted octanol–water partition coefficient (Wildman–Crippen LogP) is 4.38. The minimum atomic E-state index is -0.588. The molecule has 0 amide bonds. The van der Waals surface area contributed by atoms with E-state index in [0.29, 0.717) is 39.8 Å². The second-order valence-corrected chi connectivity index (χ2v) is 7.36. The molecule has 9 heteroatoms. The number of fused-ring (bicyclic) bond motifs is 1. The molecule has 8 nitrogen and oxygen atoms in total. The van der Waals surface area contributed by atoms with Crippen LogP contribution in [0.25, 0.3) is 11.0 Å². The van der Waals surface area contributed by atoms with Crippen LogP contribution in [0.1, 0.15) is 23.3 Å². The van der Waals surface area contributed by atoms with Crippen molar-refractivity contribution in [1.82, 2.24) is 9.97 Å². The van der Waals surface area contributed by atoms with Crippen molar-refractivity contribution in [2.45, 2.75) is 18.9 Å². The van der Waals surface area contributed by atoms with Gasteiger partial charge in [0, 0.05) is 12.7 Å². The molecule has 1 saturated heterocycles. The summed E-state index contributed by atoms with van der Waals surface area (Å²) in [5.41, 5.74) is 1.77. The van der Waals surface area contributed by atoms with Crippen molar-refractivity contribution < 1.29 is 23.7 Å². The number of anilines is 2. The van der Waals surface area contributed by atoms with E-state index >= 15 is 0 Å². The highest BCUT2D eigenvalue weighted by Crippen LogP contribution is 2.37. The van der Waals surface area contributed by atoms with Gasteiger partial charge in [0.15, 0.2) is 11.5 Å². The summed E-state index contributed by atoms with van der Waals surface area (Å²) in [6.45, 7) is 0.854. The number of hydrogen-bond donors (Lipinski definition) is 1. The Labute approximate surface area is 184 Å². The average Bonchev–Trinajstić information content (AvgIpc) is 3.31. The van der Waals surface area contributed by atoms with Crippen LogP contribution in [0.3, 0.4) is 0 Å². The predicted molar refractivity (Wildman–Crippen MR) is 117 cm³/mol. The van der Waals surface area contributed by atoms with Crippen LogP contribution in [0.15, 0.2) is 36.4 Å². The second-order valence-electron chi connectivity index (χ2n) is 6.96. The monoisotopic (exact) mass is 443 g/mol. The number of esters is 1. The number of methoxy groups -OCH3 is 2. The van der Waals surface area contributed by atoms with Gasteiger partial charge < -0.3 is 24.3 Å². The molecule has 0 aliphatic carbocycles. The Morgan fingerprint density at radius 3 is 2.58 bits per heavy atom. The number of hydrogen-bond acceptors (Lipinski definition) is 8. The maximum atomic E-state index is 12.9. The zero-order chi connectivity index (χ0) is 21.8. The number of carbonyl (C=O) groups is 1. The number of carbonyl (C=O) groups excluding carboxylic acids is 1. The van der Waals surface area contributed by atoms with E-state index in [1.807, 2.05) is 18.2 Å². The van der Waals surface area contributed by atoms with Gasteiger partial charge in [-0.15, -0.1) is 0 Å². The molecule has 2 heterocycles. The van der Waals surface area contributed by atoms with Crippen LogP contribution in [0.4, 0.5) is 11.5 Å². The lowest BCUT2D eigenvalue weighted by atomic mass is 10.2. The Kier molecular flexibility index (Phi) is 6.39. The van der Waals surface area contributed by atoms with Crippen molar-refractivity contribution in [3.8, 4) is 11.5 Å². The number of rotatable bonds is 7. The molecule has 31 heavy (non-hydrogen) atoms. The van der Waals surface area contributed by atoms with Gasteiger partial charge in [0.05, 0.1) is 42.1 Å². The molecule has 3 aromatic rings. The molecule has 1 aromatic heterocycles. The first-order valence-electron chi connectivity index (χ1n) is 9.83. The van der Waals surface area contributed by atoms with Gasteiger partial charge in [-0.3, -0.25) is 0 Å². The zero-order valence-electron chi connectivity index (χ0n) is 17.2. The van der Waals surface area contributed by atoms with Gasteiger partial charge in [0.2, 0.25) is 0 Å². The van der Waals surface area contributed by atoms with Gasteiger partial charge >= 0.3 is 5.97 Å². The number of nitrogens with zero attached hydrogens (tertiary/aromatic N) is 2.